The first kappa shape index (κ1) is 12.7. The summed E-state index contributed by atoms with van der Waals surface area (Å²) in [5.41, 5.74) is 8.44. The summed E-state index contributed by atoms with van der Waals surface area (Å²) in [4.78, 5) is 2.39. The molecule has 1 aliphatic heterocycles. The SMILES string of the molecule is NC1CN(C(c2ccccc2)c2cccc(Cl)c2)C1. The summed E-state index contributed by atoms with van der Waals surface area (Å²) in [6.45, 7) is 1.87. The standard InChI is InChI=1S/C16H17ClN2/c17-14-8-4-7-13(9-14)16(19-10-15(18)11-19)12-5-2-1-3-6-12/h1-9,15-16H,10-11,18H2. The van der Waals surface area contributed by atoms with Crippen molar-refractivity contribution in [3.05, 3.63) is 70.7 Å². The van der Waals surface area contributed by atoms with Gasteiger partial charge in [0.1, 0.15) is 0 Å². The molecule has 1 fully saturated rings. The first-order valence-electron chi connectivity index (χ1n) is 6.54. The summed E-state index contributed by atoms with van der Waals surface area (Å²) in [6, 6.07) is 19.2. The molecular weight excluding hydrogens is 256 g/mol. The Labute approximate surface area is 118 Å². The van der Waals surface area contributed by atoms with Gasteiger partial charge in [0.15, 0.2) is 0 Å². The van der Waals surface area contributed by atoms with Crippen LogP contribution in [0.25, 0.3) is 0 Å². The van der Waals surface area contributed by atoms with Gasteiger partial charge < -0.3 is 5.73 Å². The Balaban J connectivity index is 1.97. The molecule has 2 aromatic rings. The van der Waals surface area contributed by atoms with Crippen LogP contribution in [0.3, 0.4) is 0 Å². The molecule has 0 spiro atoms. The number of likely N-dealkylation sites (tertiary alicyclic amines) is 1. The highest BCUT2D eigenvalue weighted by Gasteiger charge is 2.31. The Bertz CT molecular complexity index is 550. The minimum atomic E-state index is 0.250. The van der Waals surface area contributed by atoms with Crippen LogP contribution in [0.5, 0.6) is 0 Å². The highest BCUT2D eigenvalue weighted by molar-refractivity contribution is 6.30. The molecule has 0 aromatic heterocycles. The second kappa shape index (κ2) is 5.33. The summed E-state index contributed by atoms with van der Waals surface area (Å²) in [6.07, 6.45) is 0. The first-order valence-corrected chi connectivity index (χ1v) is 6.92. The Morgan fingerprint density at radius 3 is 2.32 bits per heavy atom. The van der Waals surface area contributed by atoms with Crippen molar-refractivity contribution in [3.8, 4) is 0 Å². The van der Waals surface area contributed by atoms with Crippen LogP contribution >= 0.6 is 11.6 Å². The lowest BCUT2D eigenvalue weighted by atomic mass is 9.93. The number of rotatable bonds is 3. The first-order chi connectivity index (χ1) is 9.24. The molecule has 1 saturated heterocycles. The van der Waals surface area contributed by atoms with Gasteiger partial charge >= 0.3 is 0 Å². The number of hydrogen-bond donors (Lipinski definition) is 1. The number of nitrogens with zero attached hydrogens (tertiary/aromatic N) is 1. The van der Waals surface area contributed by atoms with E-state index in [0.717, 1.165) is 18.1 Å². The predicted octanol–water partition coefficient (Wildman–Crippen LogP) is 3.07. The molecule has 1 unspecified atom stereocenters. The van der Waals surface area contributed by atoms with Gasteiger partial charge in [-0.25, -0.2) is 0 Å². The van der Waals surface area contributed by atoms with Crippen molar-refractivity contribution in [3.63, 3.8) is 0 Å². The van der Waals surface area contributed by atoms with Gasteiger partial charge in [-0.05, 0) is 23.3 Å². The molecule has 19 heavy (non-hydrogen) atoms. The maximum absolute atomic E-state index is 6.13. The molecule has 0 bridgehead atoms. The van der Waals surface area contributed by atoms with E-state index in [0.29, 0.717) is 6.04 Å². The molecule has 3 rings (SSSR count). The van der Waals surface area contributed by atoms with E-state index in [2.05, 4.69) is 35.2 Å². The van der Waals surface area contributed by atoms with Crippen LogP contribution in [0, 0.1) is 0 Å². The fourth-order valence-electron chi connectivity index (χ4n) is 2.69. The van der Waals surface area contributed by atoms with Crippen molar-refractivity contribution in [2.24, 2.45) is 5.73 Å². The summed E-state index contributed by atoms with van der Waals surface area (Å²) < 4.78 is 0. The van der Waals surface area contributed by atoms with Crippen LogP contribution < -0.4 is 5.73 Å². The monoisotopic (exact) mass is 272 g/mol. The van der Waals surface area contributed by atoms with E-state index >= 15 is 0 Å². The molecule has 3 heteroatoms. The summed E-state index contributed by atoms with van der Waals surface area (Å²) in [5, 5.41) is 0.781. The number of benzene rings is 2. The van der Waals surface area contributed by atoms with E-state index in [9.17, 15) is 0 Å². The molecule has 0 radical (unpaired) electrons. The maximum atomic E-state index is 6.13. The molecule has 0 amide bonds. The topological polar surface area (TPSA) is 29.3 Å². The third kappa shape index (κ3) is 2.66. The number of nitrogens with two attached hydrogens (primary N) is 1. The third-order valence-electron chi connectivity index (χ3n) is 3.58. The Kier molecular flexibility index (Phi) is 3.56. The molecule has 0 saturated carbocycles. The van der Waals surface area contributed by atoms with Crippen LogP contribution in [0.4, 0.5) is 0 Å². The number of hydrogen-bond acceptors (Lipinski definition) is 2. The van der Waals surface area contributed by atoms with Gasteiger partial charge in [0.05, 0.1) is 6.04 Å². The van der Waals surface area contributed by atoms with Crippen LogP contribution in [0.2, 0.25) is 5.02 Å². The fraction of sp³-hybridized carbons (Fsp3) is 0.250. The average Bonchev–Trinajstić information content (AvgIpc) is 2.38. The predicted molar refractivity (Wildman–Crippen MR) is 79.3 cm³/mol. The second-order valence-corrected chi connectivity index (χ2v) is 5.52. The normalized spacial score (nSPS) is 18.0. The largest absolute Gasteiger partial charge is 0.325 e. The highest BCUT2D eigenvalue weighted by Crippen LogP contribution is 2.32. The Hall–Kier alpha value is -1.35. The van der Waals surface area contributed by atoms with Crippen LogP contribution in [0.1, 0.15) is 17.2 Å². The van der Waals surface area contributed by atoms with E-state index in [1.807, 2.05) is 24.3 Å². The van der Waals surface area contributed by atoms with E-state index < -0.39 is 0 Å². The molecular formula is C16H17ClN2. The lowest BCUT2D eigenvalue weighted by Gasteiger charge is -2.43. The lowest BCUT2D eigenvalue weighted by Crippen LogP contribution is -2.56. The van der Waals surface area contributed by atoms with Gasteiger partial charge in [0, 0.05) is 24.2 Å². The third-order valence-corrected chi connectivity index (χ3v) is 3.82. The van der Waals surface area contributed by atoms with Crippen molar-refractivity contribution in [2.75, 3.05) is 13.1 Å². The van der Waals surface area contributed by atoms with Crippen molar-refractivity contribution >= 4 is 11.6 Å². The summed E-state index contributed by atoms with van der Waals surface area (Å²) in [7, 11) is 0. The van der Waals surface area contributed by atoms with E-state index in [4.69, 9.17) is 17.3 Å². The zero-order valence-electron chi connectivity index (χ0n) is 10.7. The molecule has 1 atom stereocenters. The van der Waals surface area contributed by atoms with Crippen LogP contribution in [0.15, 0.2) is 54.6 Å². The van der Waals surface area contributed by atoms with Crippen molar-refractivity contribution < 1.29 is 0 Å². The van der Waals surface area contributed by atoms with Gasteiger partial charge in [-0.1, -0.05) is 54.1 Å². The van der Waals surface area contributed by atoms with Crippen LogP contribution in [-0.2, 0) is 0 Å². The minimum absolute atomic E-state index is 0.250. The summed E-state index contributed by atoms with van der Waals surface area (Å²) in [5.74, 6) is 0. The van der Waals surface area contributed by atoms with Crippen molar-refractivity contribution in [2.45, 2.75) is 12.1 Å². The molecule has 98 valence electrons. The Morgan fingerprint density at radius 2 is 1.68 bits per heavy atom. The lowest BCUT2D eigenvalue weighted by molar-refractivity contribution is 0.114. The molecule has 2 nitrogen and oxygen atoms in total. The van der Waals surface area contributed by atoms with Gasteiger partial charge in [-0.3, -0.25) is 4.90 Å². The molecule has 2 N–H and O–H groups in total. The minimum Gasteiger partial charge on any atom is -0.325 e. The van der Waals surface area contributed by atoms with Gasteiger partial charge in [-0.2, -0.15) is 0 Å². The van der Waals surface area contributed by atoms with Gasteiger partial charge in [0.2, 0.25) is 0 Å². The van der Waals surface area contributed by atoms with Crippen LogP contribution in [-0.4, -0.2) is 24.0 Å². The maximum Gasteiger partial charge on any atom is 0.0603 e. The molecule has 1 heterocycles. The number of halogens is 1. The van der Waals surface area contributed by atoms with E-state index in [1.54, 1.807) is 0 Å². The van der Waals surface area contributed by atoms with Gasteiger partial charge in [0.25, 0.3) is 0 Å². The molecule has 2 aromatic carbocycles. The molecule has 0 aliphatic carbocycles. The average molecular weight is 273 g/mol. The fourth-order valence-corrected chi connectivity index (χ4v) is 2.88. The van der Waals surface area contributed by atoms with E-state index in [1.165, 1.54) is 11.1 Å². The quantitative estimate of drug-likeness (QED) is 0.930. The van der Waals surface area contributed by atoms with Gasteiger partial charge in [-0.15, -0.1) is 0 Å². The van der Waals surface area contributed by atoms with Crippen molar-refractivity contribution in [1.29, 1.82) is 0 Å². The van der Waals surface area contributed by atoms with E-state index in [-0.39, 0.29) is 6.04 Å². The Morgan fingerprint density at radius 1 is 1.00 bits per heavy atom. The molecule has 1 aliphatic rings. The second-order valence-electron chi connectivity index (χ2n) is 5.08. The smallest absolute Gasteiger partial charge is 0.0603 e. The highest BCUT2D eigenvalue weighted by atomic mass is 35.5. The summed E-state index contributed by atoms with van der Waals surface area (Å²) >= 11 is 6.13. The zero-order valence-corrected chi connectivity index (χ0v) is 11.4. The zero-order chi connectivity index (χ0) is 13.2. The van der Waals surface area contributed by atoms with Crippen molar-refractivity contribution in [1.82, 2.24) is 4.90 Å².